The second kappa shape index (κ2) is 7.49. The highest BCUT2D eigenvalue weighted by molar-refractivity contribution is 6.06. The van der Waals surface area contributed by atoms with E-state index >= 15 is 0 Å². The van der Waals surface area contributed by atoms with Gasteiger partial charge in [-0.25, -0.2) is 0 Å². The van der Waals surface area contributed by atoms with Gasteiger partial charge >= 0.3 is 0 Å². The highest BCUT2D eigenvalue weighted by atomic mass is 16.5. The van der Waals surface area contributed by atoms with Gasteiger partial charge < -0.3 is 21.0 Å². The Morgan fingerprint density at radius 3 is 2.85 bits per heavy atom. The number of aryl methyl sites for hydroxylation is 1. The average molecular weight is 279 g/mol. The number of ether oxygens (including phenoxy) is 1. The number of oxime groups is 1. The lowest BCUT2D eigenvalue weighted by Gasteiger charge is -2.13. The van der Waals surface area contributed by atoms with Crippen molar-refractivity contribution >= 4 is 17.4 Å². The van der Waals surface area contributed by atoms with Crippen molar-refractivity contribution in [1.82, 2.24) is 0 Å². The van der Waals surface area contributed by atoms with Crippen molar-refractivity contribution in [2.24, 2.45) is 10.9 Å². The number of methoxy groups -OCH3 is 1. The molecule has 110 valence electrons. The predicted molar refractivity (Wildman–Crippen MR) is 78.0 cm³/mol. The van der Waals surface area contributed by atoms with Gasteiger partial charge in [-0.05, 0) is 31.9 Å². The lowest BCUT2D eigenvalue weighted by atomic mass is 10.1. The predicted octanol–water partition coefficient (Wildman–Crippen LogP) is 1.84. The number of hydrogen-bond acceptors (Lipinski definition) is 4. The summed E-state index contributed by atoms with van der Waals surface area (Å²) in [5.41, 5.74) is 7.53. The van der Waals surface area contributed by atoms with Crippen LogP contribution in [0.4, 0.5) is 5.69 Å². The number of rotatable bonds is 6. The number of nitrogens with one attached hydrogen (secondary N) is 1. The minimum absolute atomic E-state index is 0.0244. The van der Waals surface area contributed by atoms with Crippen molar-refractivity contribution in [2.45, 2.75) is 32.8 Å². The van der Waals surface area contributed by atoms with Crippen LogP contribution in [0.25, 0.3) is 0 Å². The summed E-state index contributed by atoms with van der Waals surface area (Å²) in [6.07, 6.45) is 1.01. The van der Waals surface area contributed by atoms with Gasteiger partial charge in [0, 0.05) is 19.1 Å². The summed E-state index contributed by atoms with van der Waals surface area (Å²) < 4.78 is 5.10. The van der Waals surface area contributed by atoms with E-state index in [1.807, 2.05) is 19.9 Å². The fourth-order valence-corrected chi connectivity index (χ4v) is 1.83. The number of carbonyl (C=O) groups is 1. The van der Waals surface area contributed by atoms with Gasteiger partial charge in [-0.3, -0.25) is 4.79 Å². The third-order valence-corrected chi connectivity index (χ3v) is 3.09. The van der Waals surface area contributed by atoms with Crippen LogP contribution in [0.3, 0.4) is 0 Å². The summed E-state index contributed by atoms with van der Waals surface area (Å²) >= 11 is 0. The molecule has 6 heteroatoms. The standard InChI is InChI=1S/C14H21N3O3/c1-9-5-4-6-11(13(9)14(15)17-19)16-12(18)8-7-10(2)20-3/h4-6,10,19H,7-8H2,1-3H3,(H2,15,17)(H,16,18). The van der Waals surface area contributed by atoms with Crippen molar-refractivity contribution in [1.29, 1.82) is 0 Å². The SMILES string of the molecule is COC(C)CCC(=O)Nc1cccc(C)c1/C(N)=N/O. The number of amidine groups is 1. The van der Waals surface area contributed by atoms with Gasteiger partial charge in [0.25, 0.3) is 0 Å². The largest absolute Gasteiger partial charge is 0.409 e. The molecule has 1 aromatic rings. The zero-order chi connectivity index (χ0) is 15.1. The van der Waals surface area contributed by atoms with Crippen LogP contribution in [-0.2, 0) is 9.53 Å². The van der Waals surface area contributed by atoms with Crippen LogP contribution in [0.2, 0.25) is 0 Å². The van der Waals surface area contributed by atoms with Crippen LogP contribution in [0.15, 0.2) is 23.4 Å². The molecule has 0 aliphatic heterocycles. The van der Waals surface area contributed by atoms with Crippen molar-refractivity contribution in [3.05, 3.63) is 29.3 Å². The molecule has 0 fully saturated rings. The van der Waals surface area contributed by atoms with Gasteiger partial charge in [-0.2, -0.15) is 0 Å². The molecule has 0 saturated carbocycles. The molecule has 1 unspecified atom stereocenters. The lowest BCUT2D eigenvalue weighted by Crippen LogP contribution is -2.21. The van der Waals surface area contributed by atoms with E-state index in [4.69, 9.17) is 15.7 Å². The summed E-state index contributed by atoms with van der Waals surface area (Å²) in [6.45, 7) is 3.73. The molecule has 6 nitrogen and oxygen atoms in total. The molecule has 4 N–H and O–H groups in total. The molecule has 0 aliphatic rings. The Hall–Kier alpha value is -2.08. The number of anilines is 1. The first-order chi connectivity index (χ1) is 9.49. The van der Waals surface area contributed by atoms with Crippen molar-refractivity contribution < 1.29 is 14.7 Å². The fraction of sp³-hybridized carbons (Fsp3) is 0.429. The van der Waals surface area contributed by atoms with E-state index < -0.39 is 0 Å². The third-order valence-electron chi connectivity index (χ3n) is 3.09. The number of nitrogens with two attached hydrogens (primary N) is 1. The first kappa shape index (κ1) is 16.0. The molecule has 0 aliphatic carbocycles. The molecule has 1 rings (SSSR count). The van der Waals surface area contributed by atoms with Gasteiger partial charge in [0.2, 0.25) is 5.91 Å². The van der Waals surface area contributed by atoms with Gasteiger partial charge in [-0.15, -0.1) is 0 Å². The number of carbonyl (C=O) groups excluding carboxylic acids is 1. The Kier molecular flexibility index (Phi) is 5.99. The molecule has 0 spiro atoms. The van der Waals surface area contributed by atoms with E-state index in [0.29, 0.717) is 24.1 Å². The van der Waals surface area contributed by atoms with Crippen LogP contribution in [0.1, 0.15) is 30.9 Å². The van der Waals surface area contributed by atoms with E-state index in [-0.39, 0.29) is 17.8 Å². The van der Waals surface area contributed by atoms with Crippen molar-refractivity contribution in [2.75, 3.05) is 12.4 Å². The Balaban J connectivity index is 2.82. The van der Waals surface area contributed by atoms with Crippen molar-refractivity contribution in [3.8, 4) is 0 Å². The van der Waals surface area contributed by atoms with Crippen LogP contribution in [0, 0.1) is 6.92 Å². The van der Waals surface area contributed by atoms with E-state index in [0.717, 1.165) is 5.56 Å². The molecule has 1 atom stereocenters. The summed E-state index contributed by atoms with van der Waals surface area (Å²) in [5.74, 6) is -0.157. The van der Waals surface area contributed by atoms with Crippen LogP contribution in [-0.4, -0.2) is 30.2 Å². The zero-order valence-electron chi connectivity index (χ0n) is 12.0. The summed E-state index contributed by atoms with van der Waals surface area (Å²) in [7, 11) is 1.61. The zero-order valence-corrected chi connectivity index (χ0v) is 12.0. The van der Waals surface area contributed by atoms with Crippen molar-refractivity contribution in [3.63, 3.8) is 0 Å². The molecule has 0 radical (unpaired) electrons. The number of benzene rings is 1. The maximum Gasteiger partial charge on any atom is 0.224 e. The van der Waals surface area contributed by atoms with Gasteiger partial charge in [0.05, 0.1) is 11.8 Å². The van der Waals surface area contributed by atoms with E-state index in [1.54, 1.807) is 19.2 Å². The molecule has 0 saturated heterocycles. The Morgan fingerprint density at radius 1 is 1.55 bits per heavy atom. The minimum Gasteiger partial charge on any atom is -0.409 e. The molecule has 0 heterocycles. The maximum absolute atomic E-state index is 11.9. The second-order valence-electron chi connectivity index (χ2n) is 4.62. The first-order valence-electron chi connectivity index (χ1n) is 6.39. The number of amides is 1. The normalized spacial score (nSPS) is 13.1. The molecule has 1 amide bonds. The maximum atomic E-state index is 11.9. The van der Waals surface area contributed by atoms with Gasteiger partial charge in [-0.1, -0.05) is 17.3 Å². The average Bonchev–Trinajstić information content (AvgIpc) is 2.44. The van der Waals surface area contributed by atoms with E-state index in [2.05, 4.69) is 10.5 Å². The molecule has 20 heavy (non-hydrogen) atoms. The highest BCUT2D eigenvalue weighted by Gasteiger charge is 2.13. The Labute approximate surface area is 118 Å². The monoisotopic (exact) mass is 279 g/mol. The van der Waals surface area contributed by atoms with E-state index in [9.17, 15) is 4.79 Å². The first-order valence-corrected chi connectivity index (χ1v) is 6.39. The topological polar surface area (TPSA) is 96.9 Å². The Morgan fingerprint density at radius 2 is 2.25 bits per heavy atom. The van der Waals surface area contributed by atoms with E-state index in [1.165, 1.54) is 0 Å². The quantitative estimate of drug-likeness (QED) is 0.320. The minimum atomic E-state index is -0.133. The molecular formula is C14H21N3O3. The lowest BCUT2D eigenvalue weighted by molar-refractivity contribution is -0.116. The third kappa shape index (κ3) is 4.24. The summed E-state index contributed by atoms with van der Waals surface area (Å²) in [5, 5.41) is 14.6. The van der Waals surface area contributed by atoms with Crippen LogP contribution in [0.5, 0.6) is 0 Å². The number of nitrogens with zero attached hydrogens (tertiary/aromatic N) is 1. The highest BCUT2D eigenvalue weighted by Crippen LogP contribution is 2.19. The van der Waals surface area contributed by atoms with Crippen LogP contribution >= 0.6 is 0 Å². The fourth-order valence-electron chi connectivity index (χ4n) is 1.83. The molecular weight excluding hydrogens is 258 g/mol. The van der Waals surface area contributed by atoms with Gasteiger partial charge in [0.15, 0.2) is 5.84 Å². The van der Waals surface area contributed by atoms with Gasteiger partial charge in [0.1, 0.15) is 0 Å². The second-order valence-corrected chi connectivity index (χ2v) is 4.62. The molecule has 1 aromatic carbocycles. The summed E-state index contributed by atoms with van der Waals surface area (Å²) in [6, 6.07) is 5.35. The Bertz CT molecular complexity index is 500. The molecule has 0 aromatic heterocycles. The van der Waals surface area contributed by atoms with Crippen LogP contribution < -0.4 is 11.1 Å². The summed E-state index contributed by atoms with van der Waals surface area (Å²) in [4.78, 5) is 11.9. The molecule has 0 bridgehead atoms. The smallest absolute Gasteiger partial charge is 0.224 e. The number of hydrogen-bond donors (Lipinski definition) is 3.